The Morgan fingerprint density at radius 2 is 1.96 bits per heavy atom. The third kappa shape index (κ3) is 4.36. The summed E-state index contributed by atoms with van der Waals surface area (Å²) in [6, 6.07) is 4.12. The quantitative estimate of drug-likeness (QED) is 0.907. The maximum absolute atomic E-state index is 12.3. The molecule has 1 saturated heterocycles. The molecule has 3 rings (SSSR count). The zero-order valence-corrected chi connectivity index (χ0v) is 15.2. The fourth-order valence-corrected chi connectivity index (χ4v) is 4.34. The summed E-state index contributed by atoms with van der Waals surface area (Å²) in [5.74, 6) is 0.833. The molecular weight excluding hydrogens is 322 g/mol. The summed E-state index contributed by atoms with van der Waals surface area (Å²) >= 11 is 1.49. The molecule has 2 amide bonds. The van der Waals surface area contributed by atoms with Gasteiger partial charge in [-0.2, -0.15) is 0 Å². The monoisotopic (exact) mass is 349 g/mol. The van der Waals surface area contributed by atoms with Crippen LogP contribution in [-0.2, 0) is 4.79 Å². The number of piperazine rings is 1. The molecule has 5 nitrogen and oxygen atoms in total. The highest BCUT2D eigenvalue weighted by Crippen LogP contribution is 2.23. The number of hydrogen-bond acceptors (Lipinski definition) is 4. The summed E-state index contributed by atoms with van der Waals surface area (Å²) in [4.78, 5) is 29.5. The van der Waals surface area contributed by atoms with Gasteiger partial charge in [0.15, 0.2) is 0 Å². The Morgan fingerprint density at radius 1 is 1.21 bits per heavy atom. The number of amides is 2. The molecule has 1 aromatic heterocycles. The van der Waals surface area contributed by atoms with E-state index in [4.69, 9.17) is 0 Å². The van der Waals surface area contributed by atoms with E-state index in [1.165, 1.54) is 30.6 Å². The van der Waals surface area contributed by atoms with Crippen LogP contribution < -0.4 is 5.32 Å². The molecule has 1 saturated carbocycles. The number of nitrogens with one attached hydrogen (secondary N) is 1. The van der Waals surface area contributed by atoms with Gasteiger partial charge in [0.05, 0.1) is 11.4 Å². The lowest BCUT2D eigenvalue weighted by molar-refractivity contribution is -0.123. The number of nitrogens with zero attached hydrogens (tertiary/aromatic N) is 2. The number of thiophene rings is 1. The molecule has 2 heterocycles. The fourth-order valence-electron chi connectivity index (χ4n) is 3.65. The van der Waals surface area contributed by atoms with E-state index in [-0.39, 0.29) is 11.8 Å². The SMILES string of the molecule is C[C@H]1CCCC[C@H]1NC(=O)CN1CCN(C(=O)c2cccs2)CC1. The highest BCUT2D eigenvalue weighted by molar-refractivity contribution is 7.12. The largest absolute Gasteiger partial charge is 0.352 e. The van der Waals surface area contributed by atoms with Crippen molar-refractivity contribution in [1.29, 1.82) is 0 Å². The van der Waals surface area contributed by atoms with Crippen LogP contribution in [0.2, 0.25) is 0 Å². The third-order valence-electron chi connectivity index (χ3n) is 5.22. The van der Waals surface area contributed by atoms with Crippen LogP contribution in [0.25, 0.3) is 0 Å². The Morgan fingerprint density at radius 3 is 2.62 bits per heavy atom. The summed E-state index contributed by atoms with van der Waals surface area (Å²) in [7, 11) is 0. The highest BCUT2D eigenvalue weighted by atomic mass is 32.1. The van der Waals surface area contributed by atoms with E-state index in [9.17, 15) is 9.59 Å². The Bertz CT molecular complexity index is 553. The van der Waals surface area contributed by atoms with Gasteiger partial charge in [-0.1, -0.05) is 25.8 Å². The lowest BCUT2D eigenvalue weighted by Gasteiger charge is -2.35. The zero-order chi connectivity index (χ0) is 16.9. The third-order valence-corrected chi connectivity index (χ3v) is 6.07. The van der Waals surface area contributed by atoms with Crippen molar-refractivity contribution < 1.29 is 9.59 Å². The van der Waals surface area contributed by atoms with Gasteiger partial charge >= 0.3 is 0 Å². The maximum atomic E-state index is 12.3. The van der Waals surface area contributed by atoms with E-state index in [1.54, 1.807) is 0 Å². The Kier molecular flexibility index (Phi) is 5.89. The number of hydrogen-bond donors (Lipinski definition) is 1. The molecule has 2 fully saturated rings. The fraction of sp³-hybridized carbons (Fsp3) is 0.667. The average Bonchev–Trinajstić information content (AvgIpc) is 3.11. The second kappa shape index (κ2) is 8.12. The first kappa shape index (κ1) is 17.4. The molecule has 2 aliphatic rings. The molecule has 0 radical (unpaired) electrons. The first-order valence-electron chi connectivity index (χ1n) is 8.98. The number of carbonyl (C=O) groups excluding carboxylic acids is 2. The molecule has 0 spiro atoms. The smallest absolute Gasteiger partial charge is 0.264 e. The second-order valence-corrected chi connectivity index (χ2v) is 7.93. The summed E-state index contributed by atoms with van der Waals surface area (Å²) in [5.41, 5.74) is 0. The molecule has 1 aromatic rings. The number of rotatable bonds is 4. The minimum absolute atomic E-state index is 0.116. The van der Waals surface area contributed by atoms with Gasteiger partial charge in [0.2, 0.25) is 5.91 Å². The molecule has 1 aliphatic heterocycles. The van der Waals surface area contributed by atoms with Crippen LogP contribution in [0.5, 0.6) is 0 Å². The van der Waals surface area contributed by atoms with Gasteiger partial charge in [-0.15, -0.1) is 11.3 Å². The zero-order valence-electron chi connectivity index (χ0n) is 14.4. The maximum Gasteiger partial charge on any atom is 0.264 e. The standard InChI is InChI=1S/C18H27N3O2S/c1-14-5-2-3-6-15(14)19-17(22)13-20-8-10-21(11-9-20)18(23)16-7-4-12-24-16/h4,7,12,14-15H,2-3,5-6,8-11,13H2,1H3,(H,19,22)/t14-,15+/m0/s1. The van der Waals surface area contributed by atoms with E-state index in [2.05, 4.69) is 17.1 Å². The molecule has 1 N–H and O–H groups in total. The summed E-state index contributed by atoms with van der Waals surface area (Å²) in [5, 5.41) is 5.14. The van der Waals surface area contributed by atoms with Gasteiger partial charge in [0.1, 0.15) is 0 Å². The van der Waals surface area contributed by atoms with Gasteiger partial charge in [-0.25, -0.2) is 0 Å². The minimum atomic E-state index is 0.116. The van der Waals surface area contributed by atoms with Crippen LogP contribution in [0.4, 0.5) is 0 Å². The summed E-state index contributed by atoms with van der Waals surface area (Å²) < 4.78 is 0. The lowest BCUT2D eigenvalue weighted by atomic mass is 9.86. The van der Waals surface area contributed by atoms with Crippen LogP contribution in [0.15, 0.2) is 17.5 Å². The molecule has 132 valence electrons. The summed E-state index contributed by atoms with van der Waals surface area (Å²) in [6.07, 6.45) is 4.83. The first-order chi connectivity index (χ1) is 11.6. The van der Waals surface area contributed by atoms with Gasteiger partial charge in [-0.05, 0) is 30.2 Å². The average molecular weight is 350 g/mol. The highest BCUT2D eigenvalue weighted by Gasteiger charge is 2.26. The Labute approximate surface area is 148 Å². The Hall–Kier alpha value is -1.40. The van der Waals surface area contributed by atoms with E-state index >= 15 is 0 Å². The van der Waals surface area contributed by atoms with Crippen LogP contribution in [-0.4, -0.2) is 60.4 Å². The van der Waals surface area contributed by atoms with Gasteiger partial charge in [0.25, 0.3) is 5.91 Å². The van der Waals surface area contributed by atoms with Crippen molar-refractivity contribution in [2.45, 2.75) is 38.6 Å². The van der Waals surface area contributed by atoms with Crippen molar-refractivity contribution in [3.63, 3.8) is 0 Å². The molecule has 24 heavy (non-hydrogen) atoms. The molecule has 0 aromatic carbocycles. The Balaban J connectivity index is 1.42. The van der Waals surface area contributed by atoms with Gasteiger partial charge in [-0.3, -0.25) is 14.5 Å². The van der Waals surface area contributed by atoms with Crippen molar-refractivity contribution in [2.75, 3.05) is 32.7 Å². The molecule has 6 heteroatoms. The molecule has 0 bridgehead atoms. The van der Waals surface area contributed by atoms with E-state index in [0.29, 0.717) is 31.6 Å². The van der Waals surface area contributed by atoms with Crippen LogP contribution in [0, 0.1) is 5.92 Å². The molecule has 0 unspecified atom stereocenters. The predicted octanol–water partition coefficient (Wildman–Crippen LogP) is 2.20. The summed E-state index contributed by atoms with van der Waals surface area (Å²) in [6.45, 7) is 5.62. The topological polar surface area (TPSA) is 52.7 Å². The van der Waals surface area contributed by atoms with E-state index in [1.807, 2.05) is 22.4 Å². The van der Waals surface area contributed by atoms with Crippen molar-refractivity contribution in [3.8, 4) is 0 Å². The molecule has 2 atom stereocenters. The molecular formula is C18H27N3O2S. The van der Waals surface area contributed by atoms with Crippen molar-refractivity contribution in [1.82, 2.24) is 15.1 Å². The lowest BCUT2D eigenvalue weighted by Crippen LogP contribution is -2.52. The first-order valence-corrected chi connectivity index (χ1v) is 9.86. The second-order valence-electron chi connectivity index (χ2n) is 6.98. The van der Waals surface area contributed by atoms with Crippen LogP contribution in [0.1, 0.15) is 42.3 Å². The van der Waals surface area contributed by atoms with Crippen LogP contribution in [0.3, 0.4) is 0 Å². The van der Waals surface area contributed by atoms with Crippen molar-refractivity contribution in [2.24, 2.45) is 5.92 Å². The number of carbonyl (C=O) groups is 2. The van der Waals surface area contributed by atoms with Gasteiger partial charge in [0, 0.05) is 32.2 Å². The predicted molar refractivity (Wildman–Crippen MR) is 96.2 cm³/mol. The van der Waals surface area contributed by atoms with Gasteiger partial charge < -0.3 is 10.2 Å². The van der Waals surface area contributed by atoms with E-state index < -0.39 is 0 Å². The van der Waals surface area contributed by atoms with E-state index in [0.717, 1.165) is 24.4 Å². The normalized spacial score (nSPS) is 25.5. The molecule has 1 aliphatic carbocycles. The van der Waals surface area contributed by atoms with Crippen LogP contribution >= 0.6 is 11.3 Å². The van der Waals surface area contributed by atoms with Crippen molar-refractivity contribution in [3.05, 3.63) is 22.4 Å². The van der Waals surface area contributed by atoms with Crippen molar-refractivity contribution >= 4 is 23.2 Å². The minimum Gasteiger partial charge on any atom is -0.352 e.